The van der Waals surface area contributed by atoms with Crippen LogP contribution in [0.3, 0.4) is 0 Å². The van der Waals surface area contributed by atoms with Crippen LogP contribution in [0.1, 0.15) is 5.69 Å². The third-order valence-electron chi connectivity index (χ3n) is 1.94. The minimum absolute atomic E-state index is 0.388. The maximum Gasteiger partial charge on any atom is 0.147 e. The van der Waals surface area contributed by atoms with Crippen molar-refractivity contribution in [3.63, 3.8) is 0 Å². The lowest BCUT2D eigenvalue weighted by atomic mass is 10.4. The van der Waals surface area contributed by atoms with E-state index in [2.05, 4.69) is 9.97 Å². The van der Waals surface area contributed by atoms with E-state index in [0.29, 0.717) is 21.0 Å². The predicted octanol–water partition coefficient (Wildman–Crippen LogP) is 4.73. The van der Waals surface area contributed by atoms with E-state index in [1.165, 1.54) is 6.20 Å². The highest BCUT2D eigenvalue weighted by atomic mass is 35.5. The Kier molecular flexibility index (Phi) is 4.51. The molecule has 6 heteroatoms. The van der Waals surface area contributed by atoms with Crippen molar-refractivity contribution in [3.8, 4) is 0 Å². The molecule has 1 aromatic carbocycles. The summed E-state index contributed by atoms with van der Waals surface area (Å²) < 4.78 is 0. The first-order chi connectivity index (χ1) is 8.15. The SMILES string of the molecule is Clc1ccc(Cl)c(SCc2cnc(Cl)cn2)c1. The Bertz CT molecular complexity index is 517. The molecule has 2 aromatic rings. The molecule has 1 aromatic heterocycles. The molecule has 0 radical (unpaired) electrons. The first-order valence-electron chi connectivity index (χ1n) is 4.69. The van der Waals surface area contributed by atoms with E-state index in [4.69, 9.17) is 34.8 Å². The minimum Gasteiger partial charge on any atom is -0.256 e. The van der Waals surface area contributed by atoms with E-state index in [0.717, 1.165) is 10.6 Å². The van der Waals surface area contributed by atoms with Crippen LogP contribution in [-0.4, -0.2) is 9.97 Å². The van der Waals surface area contributed by atoms with E-state index >= 15 is 0 Å². The van der Waals surface area contributed by atoms with E-state index in [1.807, 2.05) is 6.07 Å². The van der Waals surface area contributed by atoms with Crippen LogP contribution in [0.5, 0.6) is 0 Å². The molecule has 0 aliphatic rings. The van der Waals surface area contributed by atoms with Crippen LogP contribution < -0.4 is 0 Å². The number of hydrogen-bond donors (Lipinski definition) is 0. The fraction of sp³-hybridized carbons (Fsp3) is 0.0909. The lowest BCUT2D eigenvalue weighted by Crippen LogP contribution is -1.88. The summed E-state index contributed by atoms with van der Waals surface area (Å²) in [5, 5.41) is 1.74. The number of benzene rings is 1. The highest BCUT2D eigenvalue weighted by Gasteiger charge is 2.04. The van der Waals surface area contributed by atoms with Crippen molar-refractivity contribution in [1.29, 1.82) is 0 Å². The normalized spacial score (nSPS) is 10.5. The summed E-state index contributed by atoms with van der Waals surface area (Å²) in [6.07, 6.45) is 3.17. The molecule has 0 bridgehead atoms. The van der Waals surface area contributed by atoms with Crippen molar-refractivity contribution < 1.29 is 0 Å². The van der Waals surface area contributed by atoms with Crippen LogP contribution in [0.25, 0.3) is 0 Å². The molecule has 0 unspecified atom stereocenters. The van der Waals surface area contributed by atoms with Crippen molar-refractivity contribution in [2.45, 2.75) is 10.6 Å². The van der Waals surface area contributed by atoms with Gasteiger partial charge in [-0.25, -0.2) is 4.98 Å². The van der Waals surface area contributed by atoms with Gasteiger partial charge in [0.2, 0.25) is 0 Å². The molecule has 88 valence electrons. The van der Waals surface area contributed by atoms with Crippen molar-refractivity contribution in [2.24, 2.45) is 0 Å². The average Bonchev–Trinajstić information content (AvgIpc) is 2.32. The van der Waals surface area contributed by atoms with Crippen molar-refractivity contribution >= 4 is 46.6 Å². The summed E-state index contributed by atoms with van der Waals surface area (Å²) in [7, 11) is 0. The summed E-state index contributed by atoms with van der Waals surface area (Å²) in [6.45, 7) is 0. The summed E-state index contributed by atoms with van der Waals surface area (Å²) in [6, 6.07) is 5.37. The fourth-order valence-corrected chi connectivity index (χ4v) is 2.64. The monoisotopic (exact) mass is 304 g/mol. The molecule has 1 heterocycles. The van der Waals surface area contributed by atoms with Crippen LogP contribution in [-0.2, 0) is 5.75 Å². The first-order valence-corrected chi connectivity index (χ1v) is 6.81. The zero-order valence-corrected chi connectivity index (χ0v) is 11.6. The summed E-state index contributed by atoms with van der Waals surface area (Å²) in [5.74, 6) is 0.671. The van der Waals surface area contributed by atoms with Gasteiger partial charge in [0.25, 0.3) is 0 Å². The van der Waals surface area contributed by atoms with Crippen molar-refractivity contribution in [3.05, 3.63) is 51.5 Å². The minimum atomic E-state index is 0.388. The zero-order valence-electron chi connectivity index (χ0n) is 8.53. The Morgan fingerprint density at radius 1 is 1.06 bits per heavy atom. The Balaban J connectivity index is 2.07. The van der Waals surface area contributed by atoms with Gasteiger partial charge < -0.3 is 0 Å². The van der Waals surface area contributed by atoms with Gasteiger partial charge in [0.05, 0.1) is 23.1 Å². The highest BCUT2D eigenvalue weighted by Crippen LogP contribution is 2.31. The van der Waals surface area contributed by atoms with Gasteiger partial charge in [-0.15, -0.1) is 11.8 Å². The predicted molar refractivity (Wildman–Crippen MR) is 73.1 cm³/mol. The Hall–Kier alpha value is -0.480. The van der Waals surface area contributed by atoms with E-state index in [9.17, 15) is 0 Å². The number of halogens is 3. The topological polar surface area (TPSA) is 25.8 Å². The molecule has 0 saturated heterocycles. The standard InChI is InChI=1S/C11H7Cl3N2S/c12-7-1-2-9(13)10(3-7)17-6-8-4-16-11(14)5-15-8/h1-5H,6H2. The van der Waals surface area contributed by atoms with Crippen LogP contribution in [0.2, 0.25) is 15.2 Å². The third kappa shape index (κ3) is 3.75. The largest absolute Gasteiger partial charge is 0.256 e. The third-order valence-corrected chi connectivity index (χ3v) is 3.90. The number of aromatic nitrogens is 2. The number of nitrogens with zero attached hydrogens (tertiary/aromatic N) is 2. The maximum absolute atomic E-state index is 6.05. The Labute approximate surface area is 118 Å². The maximum atomic E-state index is 6.05. The molecule has 17 heavy (non-hydrogen) atoms. The van der Waals surface area contributed by atoms with E-state index in [1.54, 1.807) is 30.1 Å². The molecule has 0 spiro atoms. The molecule has 0 aliphatic heterocycles. The van der Waals surface area contributed by atoms with Gasteiger partial charge >= 0.3 is 0 Å². The molecular weight excluding hydrogens is 299 g/mol. The average molecular weight is 306 g/mol. The van der Waals surface area contributed by atoms with Gasteiger partial charge in [0.1, 0.15) is 5.15 Å². The zero-order chi connectivity index (χ0) is 12.3. The second-order valence-electron chi connectivity index (χ2n) is 3.19. The van der Waals surface area contributed by atoms with Gasteiger partial charge in [-0.1, -0.05) is 34.8 Å². The fourth-order valence-electron chi connectivity index (χ4n) is 1.15. The first kappa shape index (κ1) is 13.0. The highest BCUT2D eigenvalue weighted by molar-refractivity contribution is 7.98. The molecule has 0 atom stereocenters. The number of thioether (sulfide) groups is 1. The van der Waals surface area contributed by atoms with Gasteiger partial charge in [0, 0.05) is 15.7 Å². The van der Waals surface area contributed by atoms with Crippen LogP contribution in [0, 0.1) is 0 Å². The van der Waals surface area contributed by atoms with Gasteiger partial charge in [0.15, 0.2) is 0 Å². The second kappa shape index (κ2) is 5.91. The molecule has 0 aliphatic carbocycles. The second-order valence-corrected chi connectivity index (χ2v) is 5.44. The summed E-state index contributed by atoms with van der Waals surface area (Å²) in [5.41, 5.74) is 0.843. The van der Waals surface area contributed by atoms with Crippen LogP contribution in [0.4, 0.5) is 0 Å². The van der Waals surface area contributed by atoms with Crippen molar-refractivity contribution in [2.75, 3.05) is 0 Å². The molecule has 0 fully saturated rings. The smallest absolute Gasteiger partial charge is 0.147 e. The summed E-state index contributed by atoms with van der Waals surface area (Å²) in [4.78, 5) is 9.04. The number of hydrogen-bond acceptors (Lipinski definition) is 3. The van der Waals surface area contributed by atoms with Crippen LogP contribution >= 0.6 is 46.6 Å². The van der Waals surface area contributed by atoms with Crippen LogP contribution in [0.15, 0.2) is 35.5 Å². The lowest BCUT2D eigenvalue weighted by molar-refractivity contribution is 1.10. The van der Waals surface area contributed by atoms with E-state index < -0.39 is 0 Å². The quantitative estimate of drug-likeness (QED) is 0.767. The molecule has 0 amide bonds. The summed E-state index contributed by atoms with van der Waals surface area (Å²) >= 11 is 19.2. The van der Waals surface area contributed by atoms with Gasteiger partial charge in [-0.3, -0.25) is 4.98 Å². The molecule has 2 rings (SSSR count). The van der Waals surface area contributed by atoms with E-state index in [-0.39, 0.29) is 0 Å². The van der Waals surface area contributed by atoms with Crippen molar-refractivity contribution in [1.82, 2.24) is 9.97 Å². The molecule has 0 N–H and O–H groups in total. The molecule has 2 nitrogen and oxygen atoms in total. The lowest BCUT2D eigenvalue weighted by Gasteiger charge is -2.04. The van der Waals surface area contributed by atoms with Gasteiger partial charge in [-0.2, -0.15) is 0 Å². The van der Waals surface area contributed by atoms with Gasteiger partial charge in [-0.05, 0) is 18.2 Å². The number of rotatable bonds is 3. The molecule has 0 saturated carbocycles. The Morgan fingerprint density at radius 2 is 1.88 bits per heavy atom. The molecular formula is C11H7Cl3N2S. The Morgan fingerprint density at radius 3 is 2.59 bits per heavy atom.